The van der Waals surface area contributed by atoms with E-state index in [2.05, 4.69) is 0 Å². The third-order valence-electron chi connectivity index (χ3n) is 3.82. The molecule has 0 saturated carbocycles. The summed E-state index contributed by atoms with van der Waals surface area (Å²) in [7, 11) is -4.57. The van der Waals surface area contributed by atoms with Crippen molar-refractivity contribution in [2.45, 2.75) is 24.4 Å². The van der Waals surface area contributed by atoms with E-state index in [1.807, 2.05) is 0 Å². The number of hydrogen-bond donors (Lipinski definition) is 1. The lowest BCUT2D eigenvalue weighted by Gasteiger charge is -2.22. The zero-order valence-corrected chi connectivity index (χ0v) is 13.5. The van der Waals surface area contributed by atoms with Gasteiger partial charge in [0, 0.05) is 13.1 Å². The zero-order valence-electron chi connectivity index (χ0n) is 11.9. The van der Waals surface area contributed by atoms with Crippen molar-refractivity contribution in [2.24, 2.45) is 5.41 Å². The summed E-state index contributed by atoms with van der Waals surface area (Å²) in [5.41, 5.74) is -2.71. The number of alkyl halides is 3. The predicted octanol–water partition coefficient (Wildman–Crippen LogP) is 2.84. The molecule has 10 heteroatoms. The topological polar surface area (TPSA) is 74.7 Å². The summed E-state index contributed by atoms with van der Waals surface area (Å²) < 4.78 is 65.2. The van der Waals surface area contributed by atoms with Crippen LogP contribution in [0.2, 0.25) is 5.02 Å². The largest absolute Gasteiger partial charge is 0.481 e. The average molecular weight is 372 g/mol. The monoisotopic (exact) mass is 371 g/mol. The number of rotatable bonds is 3. The number of nitrogens with zero attached hydrogens (tertiary/aromatic N) is 1. The van der Waals surface area contributed by atoms with Gasteiger partial charge in [-0.25, -0.2) is 8.42 Å². The quantitative estimate of drug-likeness (QED) is 0.886. The van der Waals surface area contributed by atoms with Gasteiger partial charge >= 0.3 is 12.1 Å². The molecule has 5 nitrogen and oxygen atoms in total. The molecule has 1 aliphatic heterocycles. The van der Waals surface area contributed by atoms with E-state index < -0.39 is 49.6 Å². The first-order valence-corrected chi connectivity index (χ1v) is 8.31. The SMILES string of the molecule is CC1(C(=O)O)CCN(S(=O)(=O)c2c(Cl)cccc2C(F)(F)F)C1. The van der Waals surface area contributed by atoms with Gasteiger partial charge < -0.3 is 5.11 Å². The van der Waals surface area contributed by atoms with Crippen LogP contribution in [0.5, 0.6) is 0 Å². The van der Waals surface area contributed by atoms with Gasteiger partial charge in [0.15, 0.2) is 0 Å². The minimum atomic E-state index is -4.90. The minimum absolute atomic E-state index is 0.00731. The Balaban J connectivity index is 2.53. The van der Waals surface area contributed by atoms with Gasteiger partial charge in [0.2, 0.25) is 10.0 Å². The molecule has 1 fully saturated rings. The second-order valence-corrected chi connectivity index (χ2v) is 7.85. The third kappa shape index (κ3) is 3.17. The summed E-state index contributed by atoms with van der Waals surface area (Å²) in [5.74, 6) is -1.20. The minimum Gasteiger partial charge on any atom is -0.481 e. The van der Waals surface area contributed by atoms with Crippen molar-refractivity contribution in [3.05, 3.63) is 28.8 Å². The summed E-state index contributed by atoms with van der Waals surface area (Å²) in [6.07, 6.45) is -4.89. The molecular weight excluding hydrogens is 359 g/mol. The molecule has 1 N–H and O–H groups in total. The van der Waals surface area contributed by atoms with E-state index in [0.29, 0.717) is 6.07 Å². The van der Waals surface area contributed by atoms with Crippen molar-refractivity contribution in [1.29, 1.82) is 0 Å². The summed E-state index contributed by atoms with van der Waals surface area (Å²) in [5, 5.41) is 8.59. The molecule has 1 atom stereocenters. The van der Waals surface area contributed by atoms with E-state index in [1.54, 1.807) is 0 Å². The number of carboxylic acids is 1. The summed E-state index contributed by atoms with van der Waals surface area (Å²) in [4.78, 5) is 10.2. The molecule has 0 amide bonds. The fourth-order valence-corrected chi connectivity index (χ4v) is 4.71. The van der Waals surface area contributed by atoms with Gasteiger partial charge in [-0.1, -0.05) is 17.7 Å². The highest BCUT2D eigenvalue weighted by atomic mass is 35.5. The number of carbonyl (C=O) groups is 1. The van der Waals surface area contributed by atoms with E-state index >= 15 is 0 Å². The van der Waals surface area contributed by atoms with Crippen LogP contribution in [0.3, 0.4) is 0 Å². The number of hydrogen-bond acceptors (Lipinski definition) is 3. The molecule has 1 heterocycles. The molecule has 0 radical (unpaired) electrons. The van der Waals surface area contributed by atoms with Crippen LogP contribution in [0.4, 0.5) is 13.2 Å². The van der Waals surface area contributed by atoms with Crippen molar-refractivity contribution in [2.75, 3.05) is 13.1 Å². The van der Waals surface area contributed by atoms with Gasteiger partial charge in [0.1, 0.15) is 4.90 Å². The van der Waals surface area contributed by atoms with Crippen molar-refractivity contribution in [3.63, 3.8) is 0 Å². The van der Waals surface area contributed by atoms with Crippen LogP contribution in [0.15, 0.2) is 23.1 Å². The molecule has 128 valence electrons. The van der Waals surface area contributed by atoms with Gasteiger partial charge in [-0.3, -0.25) is 4.79 Å². The Bertz CT molecular complexity index is 750. The summed E-state index contributed by atoms with van der Waals surface area (Å²) in [6.45, 7) is 0.753. The second-order valence-electron chi connectivity index (χ2n) is 5.57. The van der Waals surface area contributed by atoms with Crippen molar-refractivity contribution in [3.8, 4) is 0 Å². The number of carboxylic acid groups (broad SMARTS) is 1. The van der Waals surface area contributed by atoms with E-state index in [1.165, 1.54) is 6.92 Å². The number of aliphatic carboxylic acids is 1. The first-order chi connectivity index (χ1) is 10.4. The Morgan fingerprint density at radius 2 is 2.00 bits per heavy atom. The van der Waals surface area contributed by atoms with Gasteiger partial charge in [-0.2, -0.15) is 17.5 Å². The lowest BCUT2D eigenvalue weighted by Crippen LogP contribution is -2.35. The van der Waals surface area contributed by atoms with E-state index in [4.69, 9.17) is 16.7 Å². The average Bonchev–Trinajstić information content (AvgIpc) is 2.82. The van der Waals surface area contributed by atoms with E-state index in [0.717, 1.165) is 16.4 Å². The maximum Gasteiger partial charge on any atom is 0.417 e. The van der Waals surface area contributed by atoms with E-state index in [-0.39, 0.29) is 13.0 Å². The van der Waals surface area contributed by atoms with Crippen molar-refractivity contribution in [1.82, 2.24) is 4.31 Å². The number of halogens is 4. The number of sulfonamides is 1. The first kappa shape index (κ1) is 18.0. The molecule has 0 spiro atoms. The smallest absolute Gasteiger partial charge is 0.417 e. The van der Waals surface area contributed by atoms with Gasteiger partial charge in [-0.05, 0) is 25.5 Å². The van der Waals surface area contributed by atoms with Crippen LogP contribution in [-0.4, -0.2) is 36.9 Å². The standard InChI is InChI=1S/C13H13ClF3NO4S/c1-12(11(19)20)5-6-18(7-12)23(21,22)10-8(13(15,16)17)3-2-4-9(10)14/h2-4H,5-7H2,1H3,(H,19,20). The Labute approximate surface area is 135 Å². The van der Waals surface area contributed by atoms with Crippen molar-refractivity contribution < 1.29 is 31.5 Å². The highest BCUT2D eigenvalue weighted by Crippen LogP contribution is 2.41. The van der Waals surface area contributed by atoms with Crippen LogP contribution in [0.1, 0.15) is 18.9 Å². The first-order valence-electron chi connectivity index (χ1n) is 6.49. The molecule has 23 heavy (non-hydrogen) atoms. The van der Waals surface area contributed by atoms with Gasteiger partial charge in [-0.15, -0.1) is 0 Å². The summed E-state index contributed by atoms with van der Waals surface area (Å²) in [6, 6.07) is 2.69. The highest BCUT2D eigenvalue weighted by Gasteiger charge is 2.47. The fourth-order valence-electron chi connectivity index (χ4n) is 2.42. The zero-order chi connectivity index (χ0) is 17.6. The third-order valence-corrected chi connectivity index (χ3v) is 6.20. The van der Waals surface area contributed by atoms with Gasteiger partial charge in [0.25, 0.3) is 0 Å². The van der Waals surface area contributed by atoms with E-state index in [9.17, 15) is 26.4 Å². The highest BCUT2D eigenvalue weighted by molar-refractivity contribution is 7.89. The van der Waals surface area contributed by atoms with Crippen LogP contribution < -0.4 is 0 Å². The molecule has 1 aromatic carbocycles. The van der Waals surface area contributed by atoms with Crippen molar-refractivity contribution >= 4 is 27.6 Å². The maximum atomic E-state index is 13.1. The van der Waals surface area contributed by atoms with Gasteiger partial charge in [0.05, 0.1) is 16.0 Å². The molecule has 1 aromatic rings. The molecule has 1 unspecified atom stereocenters. The molecule has 2 rings (SSSR count). The van der Waals surface area contributed by atoms with Crippen LogP contribution >= 0.6 is 11.6 Å². The second kappa shape index (κ2) is 5.64. The van der Waals surface area contributed by atoms with Crippen LogP contribution in [-0.2, 0) is 21.0 Å². The lowest BCUT2D eigenvalue weighted by molar-refractivity contribution is -0.147. The number of benzene rings is 1. The van der Waals surface area contributed by atoms with Crippen LogP contribution in [0.25, 0.3) is 0 Å². The molecular formula is C13H13ClF3NO4S. The Morgan fingerprint density at radius 1 is 1.39 bits per heavy atom. The fraction of sp³-hybridized carbons (Fsp3) is 0.462. The molecule has 0 bridgehead atoms. The van der Waals surface area contributed by atoms with Crippen LogP contribution in [0, 0.1) is 5.41 Å². The summed E-state index contributed by atoms with van der Waals surface area (Å²) >= 11 is 5.71. The Hall–Kier alpha value is -1.32. The molecule has 1 aliphatic rings. The Kier molecular flexibility index (Phi) is 4.42. The molecule has 1 saturated heterocycles. The predicted molar refractivity (Wildman–Crippen MR) is 75.6 cm³/mol. The lowest BCUT2D eigenvalue weighted by atomic mass is 9.90. The Morgan fingerprint density at radius 3 is 2.48 bits per heavy atom. The maximum absolute atomic E-state index is 13.1. The molecule has 0 aliphatic carbocycles. The normalized spacial score (nSPS) is 23.2. The molecule has 0 aromatic heterocycles.